The first kappa shape index (κ1) is 29.5. The van der Waals surface area contributed by atoms with Gasteiger partial charge >= 0.3 is 5.91 Å². The van der Waals surface area contributed by atoms with Gasteiger partial charge in [0.05, 0.1) is 18.2 Å². The topological polar surface area (TPSA) is 92.6 Å². The molecule has 0 bridgehead atoms. The van der Waals surface area contributed by atoms with E-state index in [2.05, 4.69) is 17.1 Å². The lowest BCUT2D eigenvalue weighted by atomic mass is 9.93. The Hall–Kier alpha value is -4.02. The van der Waals surface area contributed by atoms with Crippen LogP contribution >= 0.6 is 23.1 Å². The Morgan fingerprint density at radius 2 is 1.83 bits per heavy atom. The van der Waals surface area contributed by atoms with E-state index in [4.69, 9.17) is 4.74 Å². The first-order valence-electron chi connectivity index (χ1n) is 13.6. The van der Waals surface area contributed by atoms with Gasteiger partial charge in [0.1, 0.15) is 17.3 Å². The van der Waals surface area contributed by atoms with Gasteiger partial charge < -0.3 is 9.84 Å². The second-order valence-corrected chi connectivity index (χ2v) is 12.2. The van der Waals surface area contributed by atoms with Gasteiger partial charge in [0.15, 0.2) is 4.34 Å². The average molecular weight is 604 g/mol. The molecule has 1 aliphatic rings. The number of carbonyl (C=O) groups excluding carboxylic acids is 2. The van der Waals surface area contributed by atoms with Crippen LogP contribution in [0.3, 0.4) is 0 Å². The summed E-state index contributed by atoms with van der Waals surface area (Å²) in [6, 6.07) is 18.3. The van der Waals surface area contributed by atoms with Crippen molar-refractivity contribution < 1.29 is 23.8 Å². The number of hydrogen-bond donors (Lipinski definition) is 1. The zero-order chi connectivity index (χ0) is 29.8. The number of ether oxygens (including phenoxy) is 1. The van der Waals surface area contributed by atoms with E-state index in [9.17, 15) is 19.1 Å². The highest BCUT2D eigenvalue weighted by molar-refractivity contribution is 8.00. The van der Waals surface area contributed by atoms with Gasteiger partial charge in [0, 0.05) is 11.3 Å². The number of aryl methyl sites for hydroxylation is 2. The van der Waals surface area contributed by atoms with Crippen molar-refractivity contribution in [2.24, 2.45) is 0 Å². The van der Waals surface area contributed by atoms with Crippen LogP contribution < -0.4 is 9.64 Å². The number of hydrogen-bond acceptors (Lipinski definition) is 8. The summed E-state index contributed by atoms with van der Waals surface area (Å²) < 4.78 is 20.5. The fourth-order valence-electron chi connectivity index (χ4n) is 4.68. The highest BCUT2D eigenvalue weighted by Crippen LogP contribution is 2.44. The number of ketones is 1. The quantitative estimate of drug-likeness (QED) is 0.0505. The number of aliphatic hydroxyl groups is 1. The summed E-state index contributed by atoms with van der Waals surface area (Å²) in [4.78, 5) is 28.4. The summed E-state index contributed by atoms with van der Waals surface area (Å²) >= 11 is 2.42. The maximum Gasteiger partial charge on any atom is 0.301 e. The molecule has 0 aliphatic carbocycles. The highest BCUT2D eigenvalue weighted by Gasteiger charge is 2.48. The van der Waals surface area contributed by atoms with Crippen molar-refractivity contribution >= 4 is 45.7 Å². The number of anilines is 1. The summed E-state index contributed by atoms with van der Waals surface area (Å²) in [5.74, 6) is -1.18. The van der Waals surface area contributed by atoms with Crippen molar-refractivity contribution in [3.8, 4) is 5.75 Å². The van der Waals surface area contributed by atoms with Crippen LogP contribution in [0.15, 0.2) is 76.6 Å². The molecule has 0 saturated carbocycles. The Kier molecular flexibility index (Phi) is 9.03. The molecule has 0 spiro atoms. The van der Waals surface area contributed by atoms with E-state index >= 15 is 0 Å². The summed E-state index contributed by atoms with van der Waals surface area (Å²) in [6.07, 6.45) is 1.93. The van der Waals surface area contributed by atoms with Crippen molar-refractivity contribution in [3.05, 3.63) is 106 Å². The van der Waals surface area contributed by atoms with Gasteiger partial charge in [-0.25, -0.2) is 4.39 Å². The molecule has 1 fully saturated rings. The molecule has 2 heterocycles. The number of unbranched alkanes of at least 4 members (excludes halogenated alkanes) is 1. The van der Waals surface area contributed by atoms with Gasteiger partial charge in [-0.2, -0.15) is 0 Å². The van der Waals surface area contributed by atoms with Crippen molar-refractivity contribution in [1.29, 1.82) is 0 Å². The second-order valence-electron chi connectivity index (χ2n) is 9.99. The number of nitrogens with zero attached hydrogens (tertiary/aromatic N) is 3. The number of rotatable bonds is 10. The Bertz CT molecular complexity index is 1650. The van der Waals surface area contributed by atoms with E-state index in [0.717, 1.165) is 35.3 Å². The van der Waals surface area contributed by atoms with Gasteiger partial charge in [-0.3, -0.25) is 14.5 Å². The van der Waals surface area contributed by atoms with E-state index in [0.29, 0.717) is 39.1 Å². The molecule has 7 nitrogen and oxygen atoms in total. The minimum atomic E-state index is -0.938. The number of aliphatic hydroxyl groups excluding tert-OH is 1. The molecule has 3 aromatic carbocycles. The molecule has 5 rings (SSSR count). The molecular weight excluding hydrogens is 574 g/mol. The van der Waals surface area contributed by atoms with Crippen molar-refractivity contribution in [1.82, 2.24) is 10.2 Å². The summed E-state index contributed by atoms with van der Waals surface area (Å²) in [6.45, 7) is 6.40. The maximum absolute atomic E-state index is 14.1. The minimum absolute atomic E-state index is 0.0240. The molecule has 1 saturated heterocycles. The van der Waals surface area contributed by atoms with E-state index in [-0.39, 0.29) is 22.3 Å². The fraction of sp³-hybridized carbons (Fsp3) is 0.250. The van der Waals surface area contributed by atoms with E-state index < -0.39 is 17.7 Å². The lowest BCUT2D eigenvalue weighted by Crippen LogP contribution is -2.29. The Morgan fingerprint density at radius 1 is 1.07 bits per heavy atom. The van der Waals surface area contributed by atoms with Crippen molar-refractivity contribution in [2.75, 3.05) is 11.5 Å². The largest absolute Gasteiger partial charge is 0.507 e. The smallest absolute Gasteiger partial charge is 0.301 e. The van der Waals surface area contributed by atoms with Crippen LogP contribution in [-0.4, -0.2) is 33.6 Å². The highest BCUT2D eigenvalue weighted by atomic mass is 32.2. The van der Waals surface area contributed by atoms with Gasteiger partial charge in [0.2, 0.25) is 5.13 Å². The molecule has 0 radical (unpaired) electrons. The van der Waals surface area contributed by atoms with Crippen molar-refractivity contribution in [3.63, 3.8) is 0 Å². The molecule has 42 heavy (non-hydrogen) atoms. The molecule has 10 heteroatoms. The van der Waals surface area contributed by atoms with Gasteiger partial charge in [0.25, 0.3) is 5.78 Å². The number of Topliss-reactive ketones (excluding diaryl/α,β-unsaturated/α-hetero) is 1. The van der Waals surface area contributed by atoms with Gasteiger partial charge in [-0.15, -0.1) is 10.2 Å². The zero-order valence-corrected chi connectivity index (χ0v) is 25.1. The van der Waals surface area contributed by atoms with Crippen LogP contribution in [0.25, 0.3) is 5.76 Å². The molecular formula is C32H30FN3O4S2. The van der Waals surface area contributed by atoms with Crippen LogP contribution in [-0.2, 0) is 15.3 Å². The summed E-state index contributed by atoms with van der Waals surface area (Å²) in [7, 11) is 0. The summed E-state index contributed by atoms with van der Waals surface area (Å²) in [5.41, 5.74) is 3.27. The van der Waals surface area contributed by atoms with Crippen LogP contribution in [0.4, 0.5) is 9.52 Å². The van der Waals surface area contributed by atoms with E-state index in [1.165, 1.54) is 22.7 Å². The van der Waals surface area contributed by atoms with Crippen LogP contribution in [0.1, 0.15) is 53.6 Å². The zero-order valence-electron chi connectivity index (χ0n) is 23.5. The van der Waals surface area contributed by atoms with Crippen LogP contribution in [0, 0.1) is 19.7 Å². The maximum atomic E-state index is 14.1. The van der Waals surface area contributed by atoms with Gasteiger partial charge in [-0.05, 0) is 61.2 Å². The number of amides is 1. The Balaban J connectivity index is 1.54. The first-order chi connectivity index (χ1) is 20.3. The Labute approximate surface area is 252 Å². The minimum Gasteiger partial charge on any atom is -0.507 e. The lowest BCUT2D eigenvalue weighted by Gasteiger charge is -2.23. The lowest BCUT2D eigenvalue weighted by molar-refractivity contribution is -0.132. The predicted octanol–water partition coefficient (Wildman–Crippen LogP) is 7.39. The average Bonchev–Trinajstić information content (AvgIpc) is 3.56. The number of aromatic nitrogens is 2. The summed E-state index contributed by atoms with van der Waals surface area (Å²) in [5, 5.41) is 20.2. The van der Waals surface area contributed by atoms with Crippen LogP contribution in [0.2, 0.25) is 0 Å². The standard InChI is InChI=1S/C32H30FN3O4S2/c1-4-5-16-40-23-14-12-21(13-15-23)27-26(28(37)24-17-19(2)10-11-20(24)3)29(38)30(39)36(27)31-34-35-32(42-31)41-18-22-8-6-7-9-25(22)33/h6-15,17,27,37H,4-5,16,18H2,1-3H3/b28-26+. The van der Waals surface area contributed by atoms with Crippen molar-refractivity contribution in [2.45, 2.75) is 49.7 Å². The Morgan fingerprint density at radius 3 is 2.57 bits per heavy atom. The van der Waals surface area contributed by atoms with E-state index in [1.54, 1.807) is 48.5 Å². The third kappa shape index (κ3) is 6.10. The predicted molar refractivity (Wildman–Crippen MR) is 163 cm³/mol. The number of thioether (sulfide) groups is 1. The molecule has 4 aromatic rings. The molecule has 1 aliphatic heterocycles. The number of benzene rings is 3. The number of halogens is 1. The SMILES string of the molecule is CCCCOc1ccc(C2/C(=C(\O)c3cc(C)ccc3C)C(=O)C(=O)N2c2nnc(SCc3ccccc3F)s2)cc1. The third-order valence-corrected chi connectivity index (χ3v) is 9.07. The molecule has 1 N–H and O–H groups in total. The third-order valence-electron chi connectivity index (χ3n) is 6.97. The van der Waals surface area contributed by atoms with Crippen LogP contribution in [0.5, 0.6) is 5.75 Å². The second kappa shape index (κ2) is 12.9. The molecule has 216 valence electrons. The monoisotopic (exact) mass is 603 g/mol. The van der Waals surface area contributed by atoms with Gasteiger partial charge in [-0.1, -0.05) is 84.5 Å². The van der Waals surface area contributed by atoms with E-state index in [1.807, 2.05) is 26.0 Å². The first-order valence-corrected chi connectivity index (χ1v) is 15.4. The molecule has 1 amide bonds. The molecule has 1 aromatic heterocycles. The number of carbonyl (C=O) groups is 2. The normalized spacial score (nSPS) is 16.3. The fourth-order valence-corrected chi connectivity index (χ4v) is 6.53. The molecule has 1 unspecified atom stereocenters. The molecule has 1 atom stereocenters.